The molecule has 0 aliphatic carbocycles. The van der Waals surface area contributed by atoms with Gasteiger partial charge >= 0.3 is 6.09 Å². The van der Waals surface area contributed by atoms with E-state index in [2.05, 4.69) is 5.43 Å². The van der Waals surface area contributed by atoms with Gasteiger partial charge in [0.25, 0.3) is 5.17 Å². The minimum atomic E-state index is -0.482. The van der Waals surface area contributed by atoms with Crippen LogP contribution in [0, 0.1) is 0 Å². The SMILES string of the molecule is CC(C)(C)OC(=O)N1CC[C@@H](OC(=S)NN)C1. The lowest BCUT2D eigenvalue weighted by atomic mass is 10.2. The van der Waals surface area contributed by atoms with Gasteiger partial charge in [0, 0.05) is 13.0 Å². The van der Waals surface area contributed by atoms with Crippen LogP contribution in [0.3, 0.4) is 0 Å². The van der Waals surface area contributed by atoms with Crippen molar-refractivity contribution in [3.8, 4) is 0 Å². The predicted octanol–water partition coefficient (Wildman–Crippen LogP) is 0.761. The van der Waals surface area contributed by atoms with Gasteiger partial charge in [0.15, 0.2) is 0 Å². The first kappa shape index (κ1) is 14.0. The number of amides is 1. The zero-order valence-electron chi connectivity index (χ0n) is 10.4. The third-order valence-corrected chi connectivity index (χ3v) is 2.40. The number of likely N-dealkylation sites (tertiary alicyclic amines) is 1. The smallest absolute Gasteiger partial charge is 0.410 e. The summed E-state index contributed by atoms with van der Waals surface area (Å²) in [5.74, 6) is 5.11. The Bertz CT molecular complexity index is 304. The molecular weight excluding hydrogens is 242 g/mol. The largest absolute Gasteiger partial charge is 0.465 e. The second-order valence-electron chi connectivity index (χ2n) is 4.89. The van der Waals surface area contributed by atoms with Crippen LogP contribution in [0.15, 0.2) is 0 Å². The summed E-state index contributed by atoms with van der Waals surface area (Å²) in [7, 11) is 0. The van der Waals surface area contributed by atoms with Crippen LogP contribution in [-0.2, 0) is 9.47 Å². The molecule has 0 radical (unpaired) electrons. The summed E-state index contributed by atoms with van der Waals surface area (Å²) in [5, 5.41) is 0.140. The van der Waals surface area contributed by atoms with E-state index in [9.17, 15) is 4.79 Å². The number of hydrazine groups is 1. The van der Waals surface area contributed by atoms with Crippen molar-refractivity contribution in [3.63, 3.8) is 0 Å². The quantitative estimate of drug-likeness (QED) is 0.412. The number of hydrogen-bond donors (Lipinski definition) is 2. The summed E-state index contributed by atoms with van der Waals surface area (Å²) in [6.07, 6.45) is 0.280. The molecule has 1 aliphatic heterocycles. The molecule has 0 unspecified atom stereocenters. The highest BCUT2D eigenvalue weighted by Gasteiger charge is 2.31. The number of thiocarbonyl (C=S) groups is 1. The van der Waals surface area contributed by atoms with Gasteiger partial charge in [-0.3, -0.25) is 5.43 Å². The first-order valence-corrected chi connectivity index (χ1v) is 5.88. The molecule has 7 heteroatoms. The molecule has 17 heavy (non-hydrogen) atoms. The Hall–Kier alpha value is -1.08. The maximum Gasteiger partial charge on any atom is 0.410 e. The highest BCUT2D eigenvalue weighted by molar-refractivity contribution is 7.80. The van der Waals surface area contributed by atoms with Gasteiger partial charge in [0.05, 0.1) is 6.54 Å². The minimum Gasteiger partial charge on any atom is -0.465 e. The third kappa shape index (κ3) is 4.74. The number of hydrogen-bond acceptors (Lipinski definition) is 5. The first-order valence-electron chi connectivity index (χ1n) is 5.47. The molecule has 1 fully saturated rings. The highest BCUT2D eigenvalue weighted by Crippen LogP contribution is 2.17. The fraction of sp³-hybridized carbons (Fsp3) is 0.800. The van der Waals surface area contributed by atoms with E-state index >= 15 is 0 Å². The summed E-state index contributed by atoms with van der Waals surface area (Å²) in [4.78, 5) is 13.3. The Balaban J connectivity index is 2.39. The van der Waals surface area contributed by atoms with E-state index in [1.165, 1.54) is 0 Å². The summed E-state index contributed by atoms with van der Waals surface area (Å²) < 4.78 is 10.6. The van der Waals surface area contributed by atoms with E-state index in [0.717, 1.165) is 6.42 Å². The second kappa shape index (κ2) is 5.50. The number of nitrogens with one attached hydrogen (secondary N) is 1. The van der Waals surface area contributed by atoms with E-state index in [1.54, 1.807) is 4.90 Å². The lowest BCUT2D eigenvalue weighted by molar-refractivity contribution is 0.0273. The van der Waals surface area contributed by atoms with E-state index in [-0.39, 0.29) is 17.4 Å². The van der Waals surface area contributed by atoms with Crippen LogP contribution >= 0.6 is 12.2 Å². The maximum atomic E-state index is 11.7. The van der Waals surface area contributed by atoms with Crippen LogP contribution in [0.5, 0.6) is 0 Å². The zero-order valence-corrected chi connectivity index (χ0v) is 11.2. The average Bonchev–Trinajstić information content (AvgIpc) is 2.63. The molecule has 1 aliphatic rings. The zero-order chi connectivity index (χ0) is 13.1. The molecule has 98 valence electrons. The molecule has 1 atom stereocenters. The standard InChI is InChI=1S/C10H19N3O3S/c1-10(2,3)16-9(14)13-5-4-7(6-13)15-8(17)12-11/h7H,4-6,11H2,1-3H3,(H,12,17)/t7-/m1/s1. The van der Waals surface area contributed by atoms with Crippen LogP contribution in [-0.4, -0.2) is 41.0 Å². The summed E-state index contributed by atoms with van der Waals surface area (Å²) in [6.45, 7) is 6.58. The Morgan fingerprint density at radius 2 is 2.18 bits per heavy atom. The summed E-state index contributed by atoms with van der Waals surface area (Å²) in [6, 6.07) is 0. The normalized spacial score (nSPS) is 20.0. The summed E-state index contributed by atoms with van der Waals surface area (Å²) >= 11 is 4.79. The van der Waals surface area contributed by atoms with E-state index in [0.29, 0.717) is 13.1 Å². The molecule has 0 aromatic rings. The topological polar surface area (TPSA) is 76.8 Å². The Labute approximate surface area is 106 Å². The lowest BCUT2D eigenvalue weighted by Gasteiger charge is -2.24. The number of nitrogens with zero attached hydrogens (tertiary/aromatic N) is 1. The van der Waals surface area contributed by atoms with Crippen molar-refractivity contribution in [2.45, 2.75) is 38.9 Å². The lowest BCUT2D eigenvalue weighted by Crippen LogP contribution is -2.37. The molecule has 1 saturated heterocycles. The van der Waals surface area contributed by atoms with Crippen molar-refractivity contribution in [1.29, 1.82) is 0 Å². The van der Waals surface area contributed by atoms with Crippen LogP contribution < -0.4 is 11.3 Å². The molecule has 3 N–H and O–H groups in total. The van der Waals surface area contributed by atoms with Crippen molar-refractivity contribution >= 4 is 23.5 Å². The molecule has 0 aromatic heterocycles. The summed E-state index contributed by atoms with van der Waals surface area (Å²) in [5.41, 5.74) is 1.77. The van der Waals surface area contributed by atoms with Gasteiger partial charge in [-0.1, -0.05) is 0 Å². The van der Waals surface area contributed by atoms with Gasteiger partial charge in [0.2, 0.25) is 0 Å². The van der Waals surface area contributed by atoms with Crippen molar-refractivity contribution in [2.75, 3.05) is 13.1 Å². The predicted molar refractivity (Wildman–Crippen MR) is 67.2 cm³/mol. The average molecular weight is 261 g/mol. The van der Waals surface area contributed by atoms with Gasteiger partial charge < -0.3 is 14.4 Å². The Morgan fingerprint density at radius 3 is 2.71 bits per heavy atom. The fourth-order valence-corrected chi connectivity index (χ4v) is 1.64. The number of ether oxygens (including phenoxy) is 2. The number of nitrogens with two attached hydrogens (primary N) is 1. The molecule has 0 bridgehead atoms. The van der Waals surface area contributed by atoms with Crippen LogP contribution in [0.25, 0.3) is 0 Å². The molecule has 0 spiro atoms. The van der Waals surface area contributed by atoms with Crippen LogP contribution in [0.2, 0.25) is 0 Å². The molecule has 1 heterocycles. The van der Waals surface area contributed by atoms with Crippen molar-refractivity contribution < 1.29 is 14.3 Å². The number of carbonyl (C=O) groups is 1. The third-order valence-electron chi connectivity index (χ3n) is 2.19. The van der Waals surface area contributed by atoms with Crippen molar-refractivity contribution in [1.82, 2.24) is 10.3 Å². The van der Waals surface area contributed by atoms with Crippen LogP contribution in [0.4, 0.5) is 4.79 Å². The number of carbonyl (C=O) groups excluding carboxylic acids is 1. The molecule has 1 rings (SSSR count). The van der Waals surface area contributed by atoms with E-state index in [4.69, 9.17) is 27.5 Å². The number of rotatable bonds is 1. The molecule has 0 aromatic carbocycles. The van der Waals surface area contributed by atoms with Gasteiger partial charge in [-0.15, -0.1) is 0 Å². The minimum absolute atomic E-state index is 0.119. The maximum absolute atomic E-state index is 11.7. The van der Waals surface area contributed by atoms with Crippen molar-refractivity contribution in [3.05, 3.63) is 0 Å². The first-order chi connectivity index (χ1) is 7.81. The van der Waals surface area contributed by atoms with E-state index < -0.39 is 5.60 Å². The molecule has 6 nitrogen and oxygen atoms in total. The second-order valence-corrected chi connectivity index (χ2v) is 5.26. The van der Waals surface area contributed by atoms with Gasteiger partial charge in [-0.2, -0.15) is 0 Å². The van der Waals surface area contributed by atoms with E-state index in [1.807, 2.05) is 20.8 Å². The van der Waals surface area contributed by atoms with Gasteiger partial charge in [-0.25, -0.2) is 10.6 Å². The van der Waals surface area contributed by atoms with Crippen molar-refractivity contribution in [2.24, 2.45) is 5.84 Å². The fourth-order valence-electron chi connectivity index (χ4n) is 1.50. The Morgan fingerprint density at radius 1 is 1.53 bits per heavy atom. The Kier molecular flexibility index (Phi) is 4.53. The highest BCUT2D eigenvalue weighted by atomic mass is 32.1. The van der Waals surface area contributed by atoms with Crippen LogP contribution in [0.1, 0.15) is 27.2 Å². The van der Waals surface area contributed by atoms with Gasteiger partial charge in [0.1, 0.15) is 11.7 Å². The molecule has 0 saturated carbocycles. The van der Waals surface area contributed by atoms with Gasteiger partial charge in [-0.05, 0) is 33.0 Å². The molecular formula is C10H19N3O3S. The monoisotopic (exact) mass is 261 g/mol. The molecule has 1 amide bonds.